The molecule has 0 radical (unpaired) electrons. The van der Waals surface area contributed by atoms with Crippen LogP contribution in [0, 0.1) is 6.92 Å². The molecule has 154 valence electrons. The monoisotopic (exact) mass is 549 g/mol. The van der Waals surface area contributed by atoms with Crippen LogP contribution in [0.5, 0.6) is 0 Å². The fourth-order valence-corrected chi connectivity index (χ4v) is 4.02. The third-order valence-electron chi connectivity index (χ3n) is 3.85. The number of aryl methyl sites for hydroxylation is 1. The molecule has 0 spiro atoms. The standard InChI is InChI=1S/C14H13BrN2O2S.C6H4BrN3/c1-11-2-4-14(5-3-11)20(18,19)10-16-9-13-8-12(15)6-7-17-13;7-5-1-2-10-6(3-5)4-8-9-10/h2-9H,10H2,1H3;1-4H. The number of benzene rings is 1. The van der Waals surface area contributed by atoms with Gasteiger partial charge in [-0.3, -0.25) is 9.98 Å². The molecule has 0 N–H and O–H groups in total. The third kappa shape index (κ3) is 6.28. The van der Waals surface area contributed by atoms with Gasteiger partial charge in [0, 0.05) is 27.6 Å². The molecular formula is C20H17Br2N5O2S. The quantitative estimate of drug-likeness (QED) is 0.349. The van der Waals surface area contributed by atoms with E-state index in [1.165, 1.54) is 6.21 Å². The van der Waals surface area contributed by atoms with E-state index >= 15 is 0 Å². The molecule has 1 aromatic carbocycles. The summed E-state index contributed by atoms with van der Waals surface area (Å²) in [6.45, 7) is 1.91. The maximum absolute atomic E-state index is 12.1. The molecule has 0 saturated carbocycles. The zero-order valence-corrected chi connectivity index (χ0v) is 19.8. The predicted molar refractivity (Wildman–Crippen MR) is 123 cm³/mol. The molecule has 0 aliphatic rings. The number of sulfone groups is 1. The fraction of sp³-hybridized carbons (Fsp3) is 0.100. The Labute approximate surface area is 191 Å². The molecule has 3 aromatic heterocycles. The lowest BCUT2D eigenvalue weighted by molar-refractivity contribution is 0.596. The summed E-state index contributed by atoms with van der Waals surface area (Å²) in [7, 11) is -3.39. The van der Waals surface area contributed by atoms with Gasteiger partial charge in [-0.2, -0.15) is 0 Å². The van der Waals surface area contributed by atoms with Crippen LogP contribution in [0.4, 0.5) is 0 Å². The highest BCUT2D eigenvalue weighted by Gasteiger charge is 2.12. The van der Waals surface area contributed by atoms with Crippen LogP contribution in [0.2, 0.25) is 0 Å². The SMILES string of the molecule is Brc1ccn2nncc2c1.Cc1ccc(S(=O)(=O)CN=Cc2cc(Br)ccn2)cc1. The Morgan fingerprint density at radius 3 is 2.53 bits per heavy atom. The van der Waals surface area contributed by atoms with Crippen molar-refractivity contribution in [3.05, 3.63) is 87.3 Å². The highest BCUT2D eigenvalue weighted by molar-refractivity contribution is 9.10. The van der Waals surface area contributed by atoms with Crippen molar-refractivity contribution in [3.8, 4) is 0 Å². The molecule has 0 amide bonds. The van der Waals surface area contributed by atoms with Crippen LogP contribution in [-0.4, -0.2) is 40.3 Å². The van der Waals surface area contributed by atoms with Crippen LogP contribution in [0.1, 0.15) is 11.3 Å². The second-order valence-corrected chi connectivity index (χ2v) is 10.0. The number of fused-ring (bicyclic) bond motifs is 1. The van der Waals surface area contributed by atoms with Gasteiger partial charge < -0.3 is 0 Å². The minimum atomic E-state index is -3.39. The van der Waals surface area contributed by atoms with E-state index < -0.39 is 9.84 Å². The zero-order valence-electron chi connectivity index (χ0n) is 15.9. The van der Waals surface area contributed by atoms with Gasteiger partial charge in [0.15, 0.2) is 9.84 Å². The predicted octanol–water partition coefficient (Wildman–Crippen LogP) is 4.49. The minimum absolute atomic E-state index is 0.280. The first-order valence-electron chi connectivity index (χ1n) is 8.70. The van der Waals surface area contributed by atoms with Gasteiger partial charge in [-0.25, -0.2) is 12.9 Å². The average Bonchev–Trinajstić information content (AvgIpc) is 3.16. The van der Waals surface area contributed by atoms with Crippen molar-refractivity contribution >= 4 is 53.4 Å². The largest absolute Gasteiger partial charge is 0.274 e. The van der Waals surface area contributed by atoms with E-state index in [0.29, 0.717) is 5.69 Å². The maximum Gasteiger partial charge on any atom is 0.198 e. The normalized spacial score (nSPS) is 11.4. The van der Waals surface area contributed by atoms with Crippen LogP contribution < -0.4 is 0 Å². The summed E-state index contributed by atoms with van der Waals surface area (Å²) in [5, 5.41) is 7.54. The third-order valence-corrected chi connectivity index (χ3v) is 6.32. The fourth-order valence-electron chi connectivity index (χ4n) is 2.34. The molecule has 0 aliphatic carbocycles. The van der Waals surface area contributed by atoms with Crippen LogP contribution in [-0.2, 0) is 9.84 Å². The Kier molecular flexibility index (Phi) is 7.46. The van der Waals surface area contributed by atoms with Crippen molar-refractivity contribution in [3.63, 3.8) is 0 Å². The van der Waals surface area contributed by atoms with Crippen LogP contribution in [0.25, 0.3) is 5.52 Å². The number of rotatable bonds is 4. The molecule has 0 fully saturated rings. The number of nitrogens with zero attached hydrogens (tertiary/aromatic N) is 5. The summed E-state index contributed by atoms with van der Waals surface area (Å²) in [5.74, 6) is -0.287. The van der Waals surface area contributed by atoms with Crippen molar-refractivity contribution in [1.82, 2.24) is 19.8 Å². The molecule has 3 heterocycles. The Bertz CT molecular complexity index is 1270. The number of hydrogen-bond donors (Lipinski definition) is 0. The Morgan fingerprint density at radius 2 is 1.80 bits per heavy atom. The van der Waals surface area contributed by atoms with Crippen molar-refractivity contribution in [2.75, 3.05) is 5.88 Å². The van der Waals surface area contributed by atoms with Gasteiger partial charge in [-0.15, -0.1) is 5.10 Å². The number of aromatic nitrogens is 4. The van der Waals surface area contributed by atoms with Crippen molar-refractivity contribution in [2.45, 2.75) is 11.8 Å². The first kappa shape index (κ1) is 22.3. The highest BCUT2D eigenvalue weighted by atomic mass is 79.9. The average molecular weight is 551 g/mol. The number of aliphatic imine (C=N–C) groups is 1. The molecular weight excluding hydrogens is 534 g/mol. The molecule has 4 rings (SSSR count). The van der Waals surface area contributed by atoms with Gasteiger partial charge in [0.1, 0.15) is 5.88 Å². The summed E-state index contributed by atoms with van der Waals surface area (Å²) in [6, 6.07) is 14.2. The second kappa shape index (κ2) is 10.1. The molecule has 0 bridgehead atoms. The molecule has 10 heteroatoms. The van der Waals surface area contributed by atoms with Gasteiger partial charge in [-0.05, 0) is 43.3 Å². The summed E-state index contributed by atoms with van der Waals surface area (Å²) in [4.78, 5) is 8.31. The lowest BCUT2D eigenvalue weighted by Crippen LogP contribution is -2.05. The topological polar surface area (TPSA) is 89.6 Å². The van der Waals surface area contributed by atoms with Crippen molar-refractivity contribution in [2.24, 2.45) is 4.99 Å². The number of pyridine rings is 2. The summed E-state index contributed by atoms with van der Waals surface area (Å²) in [6.07, 6.45) is 6.65. The van der Waals surface area contributed by atoms with Gasteiger partial charge in [0.05, 0.1) is 22.3 Å². The molecule has 0 unspecified atom stereocenters. The lowest BCUT2D eigenvalue weighted by atomic mass is 10.2. The van der Waals surface area contributed by atoms with E-state index in [-0.39, 0.29) is 10.8 Å². The Balaban J connectivity index is 0.000000212. The minimum Gasteiger partial charge on any atom is -0.274 e. The number of halogens is 2. The summed E-state index contributed by atoms with van der Waals surface area (Å²) in [5.41, 5.74) is 2.62. The van der Waals surface area contributed by atoms with E-state index in [9.17, 15) is 8.42 Å². The van der Waals surface area contributed by atoms with Gasteiger partial charge in [0.25, 0.3) is 0 Å². The lowest BCUT2D eigenvalue weighted by Gasteiger charge is -2.01. The van der Waals surface area contributed by atoms with E-state index in [1.807, 2.05) is 25.3 Å². The van der Waals surface area contributed by atoms with Crippen LogP contribution in [0.15, 0.2) is 86.0 Å². The Morgan fingerprint density at radius 1 is 1.07 bits per heavy atom. The molecule has 30 heavy (non-hydrogen) atoms. The zero-order chi connectivity index (χ0) is 21.6. The van der Waals surface area contributed by atoms with Crippen LogP contribution in [0.3, 0.4) is 0 Å². The van der Waals surface area contributed by atoms with E-state index in [2.05, 4.69) is 52.1 Å². The molecule has 0 atom stereocenters. The number of hydrogen-bond acceptors (Lipinski definition) is 6. The van der Waals surface area contributed by atoms with E-state index in [1.54, 1.807) is 53.3 Å². The summed E-state index contributed by atoms with van der Waals surface area (Å²) >= 11 is 6.67. The van der Waals surface area contributed by atoms with Gasteiger partial charge >= 0.3 is 0 Å². The van der Waals surface area contributed by atoms with Gasteiger partial charge in [-0.1, -0.05) is 54.8 Å². The maximum atomic E-state index is 12.1. The Hall–Kier alpha value is -2.43. The first-order chi connectivity index (χ1) is 14.3. The molecule has 0 saturated heterocycles. The highest BCUT2D eigenvalue weighted by Crippen LogP contribution is 2.13. The van der Waals surface area contributed by atoms with E-state index in [0.717, 1.165) is 20.0 Å². The molecule has 4 aromatic rings. The second-order valence-electron chi connectivity index (χ2n) is 6.22. The smallest absolute Gasteiger partial charge is 0.198 e. The molecule has 0 aliphatic heterocycles. The van der Waals surface area contributed by atoms with Gasteiger partial charge in [0.2, 0.25) is 0 Å². The van der Waals surface area contributed by atoms with Crippen molar-refractivity contribution in [1.29, 1.82) is 0 Å². The van der Waals surface area contributed by atoms with Crippen LogP contribution >= 0.6 is 31.9 Å². The van der Waals surface area contributed by atoms with E-state index in [4.69, 9.17) is 0 Å². The first-order valence-corrected chi connectivity index (χ1v) is 11.9. The summed E-state index contributed by atoms with van der Waals surface area (Å²) < 4.78 is 27.7. The van der Waals surface area contributed by atoms with Crippen molar-refractivity contribution < 1.29 is 8.42 Å². The molecule has 7 nitrogen and oxygen atoms in total.